The molecule has 1 aromatic heterocycles. The highest BCUT2D eigenvalue weighted by atomic mass is 16.2. The SMILES string of the molecule is Cc1ccc(Nc2cc(C(=O)NC3CC3)ncn2)c(C)c1. The maximum absolute atomic E-state index is 12.0. The van der Waals surface area contributed by atoms with E-state index >= 15 is 0 Å². The van der Waals surface area contributed by atoms with Gasteiger partial charge in [0.15, 0.2) is 0 Å². The highest BCUT2D eigenvalue weighted by Gasteiger charge is 2.24. The predicted molar refractivity (Wildman–Crippen MR) is 81.7 cm³/mol. The molecule has 1 aromatic carbocycles. The van der Waals surface area contributed by atoms with Gasteiger partial charge in [0.2, 0.25) is 0 Å². The molecule has 1 heterocycles. The lowest BCUT2D eigenvalue weighted by Crippen LogP contribution is -2.26. The second-order valence-corrected chi connectivity index (χ2v) is 5.48. The third kappa shape index (κ3) is 3.37. The van der Waals surface area contributed by atoms with E-state index in [0.29, 0.717) is 17.6 Å². The van der Waals surface area contributed by atoms with Crippen LogP contribution < -0.4 is 10.6 Å². The molecule has 2 N–H and O–H groups in total. The Kier molecular flexibility index (Phi) is 3.56. The summed E-state index contributed by atoms with van der Waals surface area (Å²) in [6.07, 6.45) is 3.53. The Balaban J connectivity index is 1.77. The second kappa shape index (κ2) is 5.52. The zero-order valence-corrected chi connectivity index (χ0v) is 12.2. The van der Waals surface area contributed by atoms with Gasteiger partial charge in [0, 0.05) is 17.8 Å². The van der Waals surface area contributed by atoms with Gasteiger partial charge in [-0.15, -0.1) is 0 Å². The summed E-state index contributed by atoms with van der Waals surface area (Å²) in [5.41, 5.74) is 3.72. The van der Waals surface area contributed by atoms with Crippen LogP contribution in [0.15, 0.2) is 30.6 Å². The topological polar surface area (TPSA) is 66.9 Å². The van der Waals surface area contributed by atoms with Gasteiger partial charge in [-0.2, -0.15) is 0 Å². The van der Waals surface area contributed by atoms with E-state index in [0.717, 1.165) is 24.1 Å². The van der Waals surface area contributed by atoms with Crippen LogP contribution in [0.2, 0.25) is 0 Å². The van der Waals surface area contributed by atoms with Gasteiger partial charge < -0.3 is 10.6 Å². The Hall–Kier alpha value is -2.43. The lowest BCUT2D eigenvalue weighted by molar-refractivity contribution is 0.0946. The molecule has 1 aliphatic carbocycles. The second-order valence-electron chi connectivity index (χ2n) is 5.48. The maximum Gasteiger partial charge on any atom is 0.270 e. The Morgan fingerprint density at radius 1 is 1.19 bits per heavy atom. The Morgan fingerprint density at radius 3 is 2.71 bits per heavy atom. The van der Waals surface area contributed by atoms with Crippen molar-refractivity contribution >= 4 is 17.4 Å². The minimum absolute atomic E-state index is 0.136. The number of carbonyl (C=O) groups excluding carboxylic acids is 1. The van der Waals surface area contributed by atoms with E-state index in [4.69, 9.17) is 0 Å². The van der Waals surface area contributed by atoms with E-state index in [1.165, 1.54) is 11.9 Å². The van der Waals surface area contributed by atoms with E-state index in [2.05, 4.69) is 33.6 Å². The molecule has 1 fully saturated rings. The monoisotopic (exact) mass is 282 g/mol. The molecule has 0 spiro atoms. The van der Waals surface area contributed by atoms with Crippen LogP contribution in [0.3, 0.4) is 0 Å². The van der Waals surface area contributed by atoms with E-state index in [-0.39, 0.29) is 5.91 Å². The van der Waals surface area contributed by atoms with Crippen molar-refractivity contribution in [2.75, 3.05) is 5.32 Å². The van der Waals surface area contributed by atoms with Crippen molar-refractivity contribution in [1.82, 2.24) is 15.3 Å². The van der Waals surface area contributed by atoms with Crippen LogP contribution in [0.4, 0.5) is 11.5 Å². The average molecular weight is 282 g/mol. The number of carbonyl (C=O) groups is 1. The van der Waals surface area contributed by atoms with Gasteiger partial charge in [0.05, 0.1) is 0 Å². The zero-order valence-electron chi connectivity index (χ0n) is 12.2. The van der Waals surface area contributed by atoms with Crippen molar-refractivity contribution in [3.8, 4) is 0 Å². The number of anilines is 2. The molecule has 3 rings (SSSR count). The number of rotatable bonds is 4. The van der Waals surface area contributed by atoms with Gasteiger partial charge in [-0.05, 0) is 38.3 Å². The lowest BCUT2D eigenvalue weighted by Gasteiger charge is -2.10. The summed E-state index contributed by atoms with van der Waals surface area (Å²) in [4.78, 5) is 20.2. The third-order valence-electron chi connectivity index (χ3n) is 3.46. The highest BCUT2D eigenvalue weighted by molar-refractivity contribution is 5.93. The number of nitrogens with one attached hydrogen (secondary N) is 2. The van der Waals surface area contributed by atoms with Crippen LogP contribution in [0, 0.1) is 13.8 Å². The first-order valence-corrected chi connectivity index (χ1v) is 7.09. The van der Waals surface area contributed by atoms with Crippen molar-refractivity contribution in [3.63, 3.8) is 0 Å². The van der Waals surface area contributed by atoms with Crippen LogP contribution >= 0.6 is 0 Å². The lowest BCUT2D eigenvalue weighted by atomic mass is 10.1. The quantitative estimate of drug-likeness (QED) is 0.905. The summed E-state index contributed by atoms with van der Waals surface area (Å²) >= 11 is 0. The molecule has 0 unspecified atom stereocenters. The minimum atomic E-state index is -0.136. The molecule has 108 valence electrons. The molecule has 0 radical (unpaired) electrons. The molecule has 0 bridgehead atoms. The van der Waals surface area contributed by atoms with E-state index in [9.17, 15) is 4.79 Å². The van der Waals surface area contributed by atoms with Crippen LogP contribution in [0.25, 0.3) is 0 Å². The van der Waals surface area contributed by atoms with Crippen LogP contribution in [-0.4, -0.2) is 21.9 Å². The molecular formula is C16H18N4O. The number of hydrogen-bond acceptors (Lipinski definition) is 4. The van der Waals surface area contributed by atoms with Crippen LogP contribution in [-0.2, 0) is 0 Å². The number of nitrogens with zero attached hydrogens (tertiary/aromatic N) is 2. The smallest absolute Gasteiger partial charge is 0.270 e. The molecule has 0 atom stereocenters. The first-order chi connectivity index (χ1) is 10.1. The molecule has 1 aliphatic rings. The fraction of sp³-hybridized carbons (Fsp3) is 0.312. The summed E-state index contributed by atoms with van der Waals surface area (Å²) in [6, 6.07) is 8.15. The summed E-state index contributed by atoms with van der Waals surface area (Å²) < 4.78 is 0. The fourth-order valence-corrected chi connectivity index (χ4v) is 2.13. The third-order valence-corrected chi connectivity index (χ3v) is 3.46. The summed E-state index contributed by atoms with van der Waals surface area (Å²) in [5.74, 6) is 0.487. The van der Waals surface area contributed by atoms with E-state index in [1.54, 1.807) is 6.07 Å². The molecule has 0 saturated heterocycles. The van der Waals surface area contributed by atoms with Gasteiger partial charge in [0.25, 0.3) is 5.91 Å². The fourth-order valence-electron chi connectivity index (χ4n) is 2.13. The first-order valence-electron chi connectivity index (χ1n) is 7.09. The normalized spacial score (nSPS) is 13.8. The van der Waals surface area contributed by atoms with Gasteiger partial charge >= 0.3 is 0 Å². The van der Waals surface area contributed by atoms with Crippen LogP contribution in [0.1, 0.15) is 34.5 Å². The minimum Gasteiger partial charge on any atom is -0.348 e. The van der Waals surface area contributed by atoms with Gasteiger partial charge in [0.1, 0.15) is 17.8 Å². The molecule has 5 nitrogen and oxygen atoms in total. The molecule has 2 aromatic rings. The Morgan fingerprint density at radius 2 is 2.00 bits per heavy atom. The van der Waals surface area contributed by atoms with Gasteiger partial charge in [-0.1, -0.05) is 17.7 Å². The number of aromatic nitrogens is 2. The Bertz CT molecular complexity index is 680. The molecule has 21 heavy (non-hydrogen) atoms. The molecule has 1 saturated carbocycles. The molecular weight excluding hydrogens is 264 g/mol. The zero-order chi connectivity index (χ0) is 14.8. The molecule has 0 aliphatic heterocycles. The standard InChI is InChI=1S/C16H18N4O/c1-10-3-6-13(11(2)7-10)20-15-8-14(17-9-18-15)16(21)19-12-4-5-12/h3,6-9,12H,4-5H2,1-2H3,(H,19,21)(H,17,18,20). The van der Waals surface area contributed by atoms with Gasteiger partial charge in [-0.25, -0.2) is 9.97 Å². The predicted octanol–water partition coefficient (Wildman–Crippen LogP) is 2.73. The largest absolute Gasteiger partial charge is 0.348 e. The molecule has 1 amide bonds. The van der Waals surface area contributed by atoms with Crippen molar-refractivity contribution in [1.29, 1.82) is 0 Å². The van der Waals surface area contributed by atoms with Crippen molar-refractivity contribution in [2.24, 2.45) is 0 Å². The molecule has 5 heteroatoms. The number of hydrogen-bond donors (Lipinski definition) is 2. The highest BCUT2D eigenvalue weighted by Crippen LogP contribution is 2.21. The summed E-state index contributed by atoms with van der Waals surface area (Å²) in [7, 11) is 0. The van der Waals surface area contributed by atoms with E-state index < -0.39 is 0 Å². The number of amides is 1. The average Bonchev–Trinajstić information content (AvgIpc) is 3.26. The summed E-state index contributed by atoms with van der Waals surface area (Å²) in [5, 5.41) is 6.16. The summed E-state index contributed by atoms with van der Waals surface area (Å²) in [6.45, 7) is 4.10. The Labute approximate surface area is 123 Å². The number of aryl methyl sites for hydroxylation is 2. The van der Waals surface area contributed by atoms with Crippen molar-refractivity contribution < 1.29 is 4.79 Å². The van der Waals surface area contributed by atoms with Crippen molar-refractivity contribution in [2.45, 2.75) is 32.7 Å². The van der Waals surface area contributed by atoms with Gasteiger partial charge in [-0.3, -0.25) is 4.79 Å². The van der Waals surface area contributed by atoms with Crippen molar-refractivity contribution in [3.05, 3.63) is 47.4 Å². The van der Waals surface area contributed by atoms with Crippen LogP contribution in [0.5, 0.6) is 0 Å². The number of benzene rings is 1. The first kappa shape index (κ1) is 13.5. The van der Waals surface area contributed by atoms with E-state index in [1.807, 2.05) is 19.1 Å². The maximum atomic E-state index is 12.0.